The van der Waals surface area contributed by atoms with E-state index in [2.05, 4.69) is 38.6 Å². The molecule has 0 spiro atoms. The van der Waals surface area contributed by atoms with Crippen LogP contribution in [0.25, 0.3) is 0 Å². The van der Waals surface area contributed by atoms with E-state index in [-0.39, 0.29) is 11.6 Å². The molecule has 5 heteroatoms. The first-order chi connectivity index (χ1) is 11.7. The fraction of sp³-hybridized carbons (Fsp3) is 0.316. The van der Waals surface area contributed by atoms with E-state index in [1.54, 1.807) is 0 Å². The van der Waals surface area contributed by atoms with E-state index in [4.69, 9.17) is 6.42 Å². The summed E-state index contributed by atoms with van der Waals surface area (Å²) in [4.78, 5) is 15.4. The van der Waals surface area contributed by atoms with Crippen LogP contribution in [0.1, 0.15) is 41.0 Å². The van der Waals surface area contributed by atoms with Crippen LogP contribution in [0.5, 0.6) is 0 Å². The zero-order valence-electron chi connectivity index (χ0n) is 13.5. The average Bonchev–Trinajstić information content (AvgIpc) is 3.21. The van der Waals surface area contributed by atoms with Gasteiger partial charge in [-0.25, -0.2) is 0 Å². The quantitative estimate of drug-likeness (QED) is 0.720. The van der Waals surface area contributed by atoms with Gasteiger partial charge in [0, 0.05) is 37.9 Å². The standard InChI is InChI=1S/C19H20N4O/c1-2-3-11-19(22-23-19)12-13-20-18(24)17-10-9-16(21-17)14-15-7-5-4-6-8-15/h1,4-10,21H,3,11-14H2,(H,20,24). The van der Waals surface area contributed by atoms with Gasteiger partial charge in [0.2, 0.25) is 0 Å². The Labute approximate surface area is 141 Å². The summed E-state index contributed by atoms with van der Waals surface area (Å²) < 4.78 is 0. The van der Waals surface area contributed by atoms with Gasteiger partial charge < -0.3 is 10.3 Å². The topological polar surface area (TPSA) is 69.6 Å². The minimum Gasteiger partial charge on any atom is -0.354 e. The van der Waals surface area contributed by atoms with E-state index in [0.717, 1.165) is 18.5 Å². The van der Waals surface area contributed by atoms with E-state index >= 15 is 0 Å². The number of hydrogen-bond donors (Lipinski definition) is 2. The lowest BCUT2D eigenvalue weighted by Gasteiger charge is -2.09. The van der Waals surface area contributed by atoms with Gasteiger partial charge in [-0.2, -0.15) is 10.2 Å². The number of amides is 1. The molecule has 1 amide bonds. The second-order valence-electron chi connectivity index (χ2n) is 5.95. The summed E-state index contributed by atoms with van der Waals surface area (Å²) in [6.07, 6.45) is 8.14. The predicted molar refractivity (Wildman–Crippen MR) is 92.6 cm³/mol. The first-order valence-electron chi connectivity index (χ1n) is 8.08. The molecule has 1 aliphatic heterocycles. The molecule has 24 heavy (non-hydrogen) atoms. The number of nitrogens with zero attached hydrogens (tertiary/aromatic N) is 2. The van der Waals surface area contributed by atoms with Crippen LogP contribution in [-0.2, 0) is 6.42 Å². The van der Waals surface area contributed by atoms with Crippen molar-refractivity contribution < 1.29 is 4.79 Å². The van der Waals surface area contributed by atoms with Crippen molar-refractivity contribution in [2.24, 2.45) is 10.2 Å². The highest BCUT2D eigenvalue weighted by Gasteiger charge is 2.38. The monoisotopic (exact) mass is 320 g/mol. The van der Waals surface area contributed by atoms with Crippen molar-refractivity contribution in [2.45, 2.75) is 31.3 Å². The number of carbonyl (C=O) groups excluding carboxylic acids is 1. The van der Waals surface area contributed by atoms with Gasteiger partial charge in [0.25, 0.3) is 5.91 Å². The molecule has 3 rings (SSSR count). The number of nitrogens with one attached hydrogen (secondary N) is 2. The molecule has 0 bridgehead atoms. The summed E-state index contributed by atoms with van der Waals surface area (Å²) in [5.41, 5.74) is 2.44. The van der Waals surface area contributed by atoms with E-state index in [9.17, 15) is 4.79 Å². The molecule has 2 heterocycles. The van der Waals surface area contributed by atoms with E-state index in [0.29, 0.717) is 25.1 Å². The number of carbonyl (C=O) groups is 1. The van der Waals surface area contributed by atoms with Gasteiger partial charge in [-0.1, -0.05) is 30.3 Å². The van der Waals surface area contributed by atoms with Crippen molar-refractivity contribution in [1.82, 2.24) is 10.3 Å². The molecule has 1 aromatic heterocycles. The second kappa shape index (κ2) is 7.14. The molecule has 0 aliphatic carbocycles. The number of aromatic amines is 1. The van der Waals surface area contributed by atoms with E-state index in [1.807, 2.05) is 30.3 Å². The van der Waals surface area contributed by atoms with Crippen molar-refractivity contribution >= 4 is 5.91 Å². The highest BCUT2D eigenvalue weighted by molar-refractivity contribution is 5.92. The van der Waals surface area contributed by atoms with Crippen LogP contribution in [0.3, 0.4) is 0 Å². The third-order valence-corrected chi connectivity index (χ3v) is 4.09. The summed E-state index contributed by atoms with van der Waals surface area (Å²) in [7, 11) is 0. The van der Waals surface area contributed by atoms with Crippen molar-refractivity contribution in [2.75, 3.05) is 6.54 Å². The lowest BCUT2D eigenvalue weighted by atomic mass is 10.0. The Morgan fingerprint density at radius 2 is 1.96 bits per heavy atom. The SMILES string of the molecule is C#CCCC1(CCNC(=O)c2ccc(Cc3ccccc3)[nH]2)N=N1. The minimum atomic E-state index is -0.353. The first-order valence-corrected chi connectivity index (χ1v) is 8.08. The number of hydrogen-bond acceptors (Lipinski definition) is 3. The normalized spacial score (nSPS) is 14.1. The fourth-order valence-electron chi connectivity index (χ4n) is 2.63. The molecular formula is C19H20N4O. The Morgan fingerprint density at radius 3 is 2.67 bits per heavy atom. The first kappa shape index (κ1) is 16.0. The molecule has 122 valence electrons. The van der Waals surface area contributed by atoms with Crippen LogP contribution in [0.4, 0.5) is 0 Å². The van der Waals surface area contributed by atoms with Crippen molar-refractivity contribution in [3.8, 4) is 12.3 Å². The Balaban J connectivity index is 1.47. The molecule has 2 N–H and O–H groups in total. The minimum absolute atomic E-state index is 0.109. The fourth-order valence-corrected chi connectivity index (χ4v) is 2.63. The van der Waals surface area contributed by atoms with E-state index < -0.39 is 0 Å². The van der Waals surface area contributed by atoms with Crippen LogP contribution in [0, 0.1) is 12.3 Å². The molecule has 1 aliphatic rings. The average molecular weight is 320 g/mol. The second-order valence-corrected chi connectivity index (χ2v) is 5.95. The third-order valence-electron chi connectivity index (χ3n) is 4.09. The number of H-pyrrole nitrogens is 1. The molecule has 2 aromatic rings. The van der Waals surface area contributed by atoms with Crippen LogP contribution in [0.2, 0.25) is 0 Å². The molecule has 0 atom stereocenters. The lowest BCUT2D eigenvalue weighted by molar-refractivity contribution is 0.0947. The third kappa shape index (κ3) is 4.11. The zero-order chi connectivity index (χ0) is 16.8. The molecular weight excluding hydrogens is 300 g/mol. The van der Waals surface area contributed by atoms with Gasteiger partial charge in [0.1, 0.15) is 5.69 Å². The summed E-state index contributed by atoms with van der Waals surface area (Å²) in [5, 5.41) is 11.0. The Morgan fingerprint density at radius 1 is 1.17 bits per heavy atom. The molecule has 0 fully saturated rings. The number of benzene rings is 1. The van der Waals surface area contributed by atoms with Gasteiger partial charge in [-0.05, 0) is 17.7 Å². The number of terminal acetylenes is 1. The largest absolute Gasteiger partial charge is 0.354 e. The summed E-state index contributed by atoms with van der Waals surface area (Å²) in [5.74, 6) is 2.49. The van der Waals surface area contributed by atoms with Crippen molar-refractivity contribution in [3.63, 3.8) is 0 Å². The number of rotatable bonds is 8. The van der Waals surface area contributed by atoms with Crippen LogP contribution in [-0.4, -0.2) is 23.1 Å². The molecule has 1 aromatic carbocycles. The van der Waals surface area contributed by atoms with E-state index in [1.165, 1.54) is 5.56 Å². The Hall–Kier alpha value is -2.87. The highest BCUT2D eigenvalue weighted by Crippen LogP contribution is 2.36. The van der Waals surface area contributed by atoms with Gasteiger partial charge in [-0.3, -0.25) is 4.79 Å². The van der Waals surface area contributed by atoms with Crippen LogP contribution < -0.4 is 5.32 Å². The van der Waals surface area contributed by atoms with Gasteiger partial charge in [0.05, 0.1) is 0 Å². The van der Waals surface area contributed by atoms with Crippen LogP contribution >= 0.6 is 0 Å². The van der Waals surface area contributed by atoms with Gasteiger partial charge in [0.15, 0.2) is 5.66 Å². The maximum atomic E-state index is 12.2. The van der Waals surface area contributed by atoms with Crippen LogP contribution in [0.15, 0.2) is 52.7 Å². The molecule has 0 saturated carbocycles. The van der Waals surface area contributed by atoms with Crippen molar-refractivity contribution in [1.29, 1.82) is 0 Å². The van der Waals surface area contributed by atoms with Gasteiger partial charge in [-0.15, -0.1) is 12.3 Å². The smallest absolute Gasteiger partial charge is 0.267 e. The molecule has 5 nitrogen and oxygen atoms in total. The van der Waals surface area contributed by atoms with Crippen molar-refractivity contribution in [3.05, 3.63) is 59.4 Å². The summed E-state index contributed by atoms with van der Waals surface area (Å²) in [6, 6.07) is 13.9. The summed E-state index contributed by atoms with van der Waals surface area (Å²) in [6.45, 7) is 0.531. The zero-order valence-corrected chi connectivity index (χ0v) is 13.5. The molecule has 0 radical (unpaired) electrons. The lowest BCUT2D eigenvalue weighted by Crippen LogP contribution is -2.28. The maximum Gasteiger partial charge on any atom is 0.267 e. The predicted octanol–water partition coefficient (Wildman–Crippen LogP) is 3.30. The molecule has 0 saturated heterocycles. The summed E-state index contributed by atoms with van der Waals surface area (Å²) >= 11 is 0. The molecule has 0 unspecified atom stereocenters. The Kier molecular flexibility index (Phi) is 4.76. The maximum absolute atomic E-state index is 12.2. The highest BCUT2D eigenvalue weighted by atomic mass is 16.1. The number of aromatic nitrogens is 1. The van der Waals surface area contributed by atoms with Gasteiger partial charge >= 0.3 is 0 Å². The Bertz CT molecular complexity index is 764.